The normalized spacial score (nSPS) is 11.4. The van der Waals surface area contributed by atoms with Gasteiger partial charge in [0.2, 0.25) is 0 Å². The zero-order chi connectivity index (χ0) is 23.6. The molecule has 0 saturated heterocycles. The number of benzene rings is 3. The first-order valence-electron chi connectivity index (χ1n) is 10.7. The van der Waals surface area contributed by atoms with Crippen molar-refractivity contribution in [2.24, 2.45) is 0 Å². The van der Waals surface area contributed by atoms with Gasteiger partial charge in [-0.1, -0.05) is 32.9 Å². The number of hydrogen-bond donors (Lipinski definition) is 2. The Balaban J connectivity index is 1.64. The van der Waals surface area contributed by atoms with E-state index in [1.54, 1.807) is 41.1 Å². The predicted molar refractivity (Wildman–Crippen MR) is 128 cm³/mol. The fraction of sp³-hybridized carbons (Fsp3) is 0.185. The van der Waals surface area contributed by atoms with E-state index in [-0.39, 0.29) is 16.8 Å². The van der Waals surface area contributed by atoms with Crippen LogP contribution in [0.1, 0.15) is 42.3 Å². The van der Waals surface area contributed by atoms with Gasteiger partial charge >= 0.3 is 5.97 Å². The lowest BCUT2D eigenvalue weighted by atomic mass is 9.87. The molecule has 3 aromatic carbocycles. The Bertz CT molecular complexity index is 1250. The second-order valence-corrected chi connectivity index (χ2v) is 8.99. The van der Waals surface area contributed by atoms with Crippen molar-refractivity contribution in [1.82, 2.24) is 9.78 Å². The number of aromatic nitrogens is 2. The Labute approximate surface area is 192 Å². The average molecular weight is 444 g/mol. The van der Waals surface area contributed by atoms with Crippen LogP contribution in [0.25, 0.3) is 16.9 Å². The van der Waals surface area contributed by atoms with Crippen LogP contribution in [0.4, 0.5) is 10.1 Å². The van der Waals surface area contributed by atoms with E-state index in [1.165, 1.54) is 17.7 Å². The predicted octanol–water partition coefficient (Wildman–Crippen LogP) is 6.29. The van der Waals surface area contributed by atoms with E-state index in [1.807, 2.05) is 6.20 Å². The highest BCUT2D eigenvalue weighted by Gasteiger charge is 2.15. The maximum Gasteiger partial charge on any atom is 0.335 e. The third-order valence-electron chi connectivity index (χ3n) is 5.52. The van der Waals surface area contributed by atoms with Gasteiger partial charge in [-0.3, -0.25) is 0 Å². The topological polar surface area (TPSA) is 67.2 Å². The van der Waals surface area contributed by atoms with Crippen molar-refractivity contribution in [2.45, 2.75) is 32.7 Å². The van der Waals surface area contributed by atoms with Crippen LogP contribution >= 0.6 is 0 Å². The summed E-state index contributed by atoms with van der Waals surface area (Å²) in [7, 11) is 0. The Kier molecular flexibility index (Phi) is 6.01. The lowest BCUT2D eigenvalue weighted by Crippen LogP contribution is -2.10. The SMILES string of the molecule is CC(C)(C)c1ccc(NCc2cn(-c3ccc(C(=O)O)cc3)nc2-c2ccc(F)cc2)cc1. The van der Waals surface area contributed by atoms with Crippen LogP contribution in [0.5, 0.6) is 0 Å². The molecule has 0 radical (unpaired) electrons. The molecule has 0 spiro atoms. The van der Waals surface area contributed by atoms with Crippen LogP contribution in [0.15, 0.2) is 79.0 Å². The highest BCUT2D eigenvalue weighted by Crippen LogP contribution is 2.27. The molecule has 0 atom stereocenters. The third-order valence-corrected chi connectivity index (χ3v) is 5.52. The number of hydrogen-bond acceptors (Lipinski definition) is 3. The maximum absolute atomic E-state index is 13.5. The van der Waals surface area contributed by atoms with E-state index in [0.29, 0.717) is 6.54 Å². The molecule has 1 heterocycles. The molecule has 0 aliphatic heterocycles. The fourth-order valence-corrected chi connectivity index (χ4v) is 3.56. The molecule has 5 nitrogen and oxygen atoms in total. The Morgan fingerprint density at radius 1 is 0.970 bits per heavy atom. The summed E-state index contributed by atoms with van der Waals surface area (Å²) >= 11 is 0. The zero-order valence-corrected chi connectivity index (χ0v) is 18.8. The van der Waals surface area contributed by atoms with Gasteiger partial charge in [0.1, 0.15) is 5.82 Å². The molecule has 6 heteroatoms. The lowest BCUT2D eigenvalue weighted by Gasteiger charge is -2.19. The minimum absolute atomic E-state index is 0.0889. The van der Waals surface area contributed by atoms with E-state index >= 15 is 0 Å². The second-order valence-electron chi connectivity index (χ2n) is 8.99. The number of rotatable bonds is 6. The summed E-state index contributed by atoms with van der Waals surface area (Å²) in [6, 6.07) is 21.1. The number of carboxylic acids is 1. The van der Waals surface area contributed by atoms with Gasteiger partial charge in [-0.25, -0.2) is 13.9 Å². The molecule has 0 amide bonds. The van der Waals surface area contributed by atoms with Gasteiger partial charge in [0.15, 0.2) is 0 Å². The summed E-state index contributed by atoms with van der Waals surface area (Å²) < 4.78 is 15.2. The van der Waals surface area contributed by atoms with Crippen LogP contribution < -0.4 is 5.32 Å². The molecule has 33 heavy (non-hydrogen) atoms. The molecule has 4 rings (SSSR count). The Morgan fingerprint density at radius 2 is 1.61 bits per heavy atom. The highest BCUT2D eigenvalue weighted by molar-refractivity contribution is 5.87. The Morgan fingerprint density at radius 3 is 2.18 bits per heavy atom. The summed E-state index contributed by atoms with van der Waals surface area (Å²) in [5.74, 6) is -1.28. The summed E-state index contributed by atoms with van der Waals surface area (Å²) in [5, 5.41) is 17.3. The van der Waals surface area contributed by atoms with Gasteiger partial charge in [-0.15, -0.1) is 0 Å². The van der Waals surface area contributed by atoms with Crippen molar-refractivity contribution >= 4 is 11.7 Å². The molecule has 4 aromatic rings. The minimum atomic E-state index is -0.976. The van der Waals surface area contributed by atoms with Crippen molar-refractivity contribution in [3.05, 3.63) is 102 Å². The van der Waals surface area contributed by atoms with Gasteiger partial charge < -0.3 is 10.4 Å². The molecular formula is C27H26FN3O2. The first-order valence-corrected chi connectivity index (χ1v) is 10.7. The summed E-state index contributed by atoms with van der Waals surface area (Å²) in [6.45, 7) is 7.07. The first kappa shape index (κ1) is 22.3. The molecule has 168 valence electrons. The summed E-state index contributed by atoms with van der Waals surface area (Å²) in [6.07, 6.45) is 1.91. The molecule has 0 bridgehead atoms. The molecule has 0 aliphatic carbocycles. The van der Waals surface area contributed by atoms with E-state index in [9.17, 15) is 9.18 Å². The van der Waals surface area contributed by atoms with E-state index in [2.05, 4.69) is 50.4 Å². The monoisotopic (exact) mass is 443 g/mol. The van der Waals surface area contributed by atoms with Crippen molar-refractivity contribution in [3.8, 4) is 16.9 Å². The quantitative estimate of drug-likeness (QED) is 0.368. The molecule has 0 aliphatic rings. The van der Waals surface area contributed by atoms with Gasteiger partial charge in [0, 0.05) is 29.6 Å². The summed E-state index contributed by atoms with van der Waals surface area (Å²) in [5.41, 5.74) is 5.77. The van der Waals surface area contributed by atoms with Crippen LogP contribution in [0.2, 0.25) is 0 Å². The smallest absolute Gasteiger partial charge is 0.335 e. The number of nitrogens with one attached hydrogen (secondary N) is 1. The van der Waals surface area contributed by atoms with Crippen molar-refractivity contribution in [1.29, 1.82) is 0 Å². The number of anilines is 1. The molecule has 0 unspecified atom stereocenters. The van der Waals surface area contributed by atoms with Crippen LogP contribution in [0, 0.1) is 5.82 Å². The number of carboxylic acid groups (broad SMARTS) is 1. The fourth-order valence-electron chi connectivity index (χ4n) is 3.56. The highest BCUT2D eigenvalue weighted by atomic mass is 19.1. The number of aromatic carboxylic acids is 1. The molecule has 0 saturated carbocycles. The molecule has 2 N–H and O–H groups in total. The standard InChI is InChI=1S/C27H26FN3O2/c1-27(2,3)21-8-12-23(13-9-21)29-16-20-17-31(24-14-6-19(7-15-24)26(32)33)30-25(20)18-4-10-22(28)11-5-18/h4-15,17,29H,16H2,1-3H3,(H,32,33). The van der Waals surface area contributed by atoms with E-state index in [0.717, 1.165) is 28.2 Å². The van der Waals surface area contributed by atoms with Gasteiger partial charge in [-0.2, -0.15) is 5.10 Å². The van der Waals surface area contributed by atoms with Crippen LogP contribution in [-0.2, 0) is 12.0 Å². The van der Waals surface area contributed by atoms with E-state index in [4.69, 9.17) is 10.2 Å². The number of nitrogens with zero attached hydrogens (tertiary/aromatic N) is 2. The number of carbonyl (C=O) groups is 1. The van der Waals surface area contributed by atoms with Crippen LogP contribution in [-0.4, -0.2) is 20.9 Å². The van der Waals surface area contributed by atoms with Crippen molar-refractivity contribution in [2.75, 3.05) is 5.32 Å². The average Bonchev–Trinajstić information content (AvgIpc) is 3.22. The second kappa shape index (κ2) is 8.90. The zero-order valence-electron chi connectivity index (χ0n) is 18.8. The lowest BCUT2D eigenvalue weighted by molar-refractivity contribution is 0.0697. The van der Waals surface area contributed by atoms with Gasteiger partial charge in [0.25, 0.3) is 0 Å². The minimum Gasteiger partial charge on any atom is -0.478 e. The molecule has 1 aromatic heterocycles. The first-order chi connectivity index (χ1) is 15.7. The van der Waals surface area contributed by atoms with Crippen molar-refractivity contribution < 1.29 is 14.3 Å². The van der Waals surface area contributed by atoms with Crippen molar-refractivity contribution in [3.63, 3.8) is 0 Å². The largest absolute Gasteiger partial charge is 0.478 e. The summed E-state index contributed by atoms with van der Waals surface area (Å²) in [4.78, 5) is 11.2. The van der Waals surface area contributed by atoms with Crippen LogP contribution in [0.3, 0.4) is 0 Å². The van der Waals surface area contributed by atoms with Gasteiger partial charge in [-0.05, 0) is 71.6 Å². The molecular weight excluding hydrogens is 417 g/mol. The number of halogens is 1. The molecule has 0 fully saturated rings. The van der Waals surface area contributed by atoms with E-state index < -0.39 is 5.97 Å². The Hall–Kier alpha value is -3.93. The third kappa shape index (κ3) is 5.12. The maximum atomic E-state index is 13.5. The van der Waals surface area contributed by atoms with Gasteiger partial charge in [0.05, 0.1) is 16.9 Å².